The number of anilines is 1. The summed E-state index contributed by atoms with van der Waals surface area (Å²) in [5.41, 5.74) is 3.15. The zero-order valence-electron chi connectivity index (χ0n) is 13.8. The Morgan fingerprint density at radius 1 is 1.08 bits per heavy atom. The van der Waals surface area contributed by atoms with Gasteiger partial charge < -0.3 is 10.4 Å². The average molecular weight is 337 g/mol. The number of rotatable bonds is 2. The molecule has 0 aromatic heterocycles. The molecule has 0 saturated heterocycles. The first kappa shape index (κ1) is 14.9. The molecule has 4 heteroatoms. The molecule has 0 radical (unpaired) electrons. The summed E-state index contributed by atoms with van der Waals surface area (Å²) in [6, 6.07) is 12.3. The molecule has 1 heterocycles. The molecule has 128 valence electrons. The summed E-state index contributed by atoms with van der Waals surface area (Å²) in [6.45, 7) is 0. The van der Waals surface area contributed by atoms with E-state index in [2.05, 4.69) is 5.32 Å². The number of aromatic carboxylic acids is 1. The van der Waals surface area contributed by atoms with Gasteiger partial charge >= 0.3 is 5.97 Å². The van der Waals surface area contributed by atoms with Crippen LogP contribution in [0.3, 0.4) is 0 Å². The SMILES string of the molecule is O=C(O)c1ccc2c(c1)[C@H]1[C@H]3CC[C@H](C3)[C@H]1[C@@H](c1ccccc1F)N2. The third-order valence-electron chi connectivity index (χ3n) is 6.57. The monoisotopic (exact) mass is 337 g/mol. The normalized spacial score (nSPS) is 32.0. The molecule has 5 rings (SSSR count). The highest BCUT2D eigenvalue weighted by Crippen LogP contribution is 2.63. The first-order valence-electron chi connectivity index (χ1n) is 9.01. The zero-order valence-corrected chi connectivity index (χ0v) is 13.8. The standard InChI is InChI=1S/C21H20FNO2/c22-16-4-2-1-3-14(16)20-19-12-6-5-11(9-12)18(19)15-10-13(21(24)25)7-8-17(15)23-20/h1-4,7-8,10-12,18-20,23H,5-6,9H2,(H,24,25)/t11-,12+,18+,19+,20+/m0/s1. The maximum Gasteiger partial charge on any atom is 0.335 e. The van der Waals surface area contributed by atoms with Gasteiger partial charge in [-0.05, 0) is 72.8 Å². The molecule has 0 unspecified atom stereocenters. The Labute approximate surface area is 145 Å². The van der Waals surface area contributed by atoms with Crippen molar-refractivity contribution in [3.63, 3.8) is 0 Å². The van der Waals surface area contributed by atoms with E-state index in [1.807, 2.05) is 24.3 Å². The minimum Gasteiger partial charge on any atom is -0.478 e. The van der Waals surface area contributed by atoms with Crippen LogP contribution < -0.4 is 5.32 Å². The lowest BCUT2D eigenvalue weighted by Gasteiger charge is -2.43. The molecule has 25 heavy (non-hydrogen) atoms. The first-order valence-corrected chi connectivity index (χ1v) is 9.01. The summed E-state index contributed by atoms with van der Waals surface area (Å²) in [4.78, 5) is 11.4. The van der Waals surface area contributed by atoms with Crippen molar-refractivity contribution in [1.82, 2.24) is 0 Å². The number of nitrogens with one attached hydrogen (secondary N) is 1. The fraction of sp³-hybridized carbons (Fsp3) is 0.381. The highest BCUT2D eigenvalue weighted by atomic mass is 19.1. The Bertz CT molecular complexity index is 865. The number of carbonyl (C=O) groups is 1. The van der Waals surface area contributed by atoms with Crippen LogP contribution in [-0.2, 0) is 0 Å². The number of fused-ring (bicyclic) bond motifs is 7. The molecule has 2 bridgehead atoms. The molecule has 2 saturated carbocycles. The van der Waals surface area contributed by atoms with Crippen LogP contribution in [-0.4, -0.2) is 11.1 Å². The van der Waals surface area contributed by atoms with Gasteiger partial charge in [0.25, 0.3) is 0 Å². The minimum absolute atomic E-state index is 0.0373. The molecular formula is C21H20FNO2. The zero-order chi connectivity index (χ0) is 17.1. The number of carboxylic acid groups (broad SMARTS) is 1. The minimum atomic E-state index is -0.890. The van der Waals surface area contributed by atoms with Gasteiger partial charge in [0, 0.05) is 11.3 Å². The molecule has 5 atom stereocenters. The number of hydrogen-bond acceptors (Lipinski definition) is 2. The van der Waals surface area contributed by atoms with Crippen molar-refractivity contribution in [3.05, 3.63) is 65.0 Å². The largest absolute Gasteiger partial charge is 0.478 e. The second kappa shape index (κ2) is 5.32. The number of benzene rings is 2. The van der Waals surface area contributed by atoms with Gasteiger partial charge in [-0.25, -0.2) is 9.18 Å². The summed E-state index contributed by atoms with van der Waals surface area (Å²) < 4.78 is 14.5. The summed E-state index contributed by atoms with van der Waals surface area (Å²) in [5.74, 6) is 0.805. The Kier molecular flexibility index (Phi) is 3.18. The second-order valence-corrected chi connectivity index (χ2v) is 7.69. The topological polar surface area (TPSA) is 49.3 Å². The van der Waals surface area contributed by atoms with E-state index >= 15 is 0 Å². The van der Waals surface area contributed by atoms with Crippen molar-refractivity contribution in [1.29, 1.82) is 0 Å². The van der Waals surface area contributed by atoms with Gasteiger partial charge in [0.05, 0.1) is 11.6 Å². The van der Waals surface area contributed by atoms with Crippen LogP contribution in [0, 0.1) is 23.6 Å². The van der Waals surface area contributed by atoms with Crippen molar-refractivity contribution in [2.45, 2.75) is 31.2 Å². The molecule has 0 amide bonds. The Hall–Kier alpha value is -2.36. The average Bonchev–Trinajstić information content (AvgIpc) is 3.23. The van der Waals surface area contributed by atoms with Gasteiger partial charge in [-0.1, -0.05) is 18.2 Å². The van der Waals surface area contributed by atoms with Crippen molar-refractivity contribution in [2.75, 3.05) is 5.32 Å². The summed E-state index contributed by atoms with van der Waals surface area (Å²) in [5, 5.41) is 12.9. The molecule has 2 N–H and O–H groups in total. The van der Waals surface area contributed by atoms with E-state index in [1.54, 1.807) is 12.1 Å². The quantitative estimate of drug-likeness (QED) is 0.826. The fourth-order valence-corrected chi connectivity index (χ4v) is 5.66. The van der Waals surface area contributed by atoms with Gasteiger partial charge in [-0.2, -0.15) is 0 Å². The lowest BCUT2D eigenvalue weighted by Crippen LogP contribution is -2.36. The van der Waals surface area contributed by atoms with Gasteiger partial charge in [-0.3, -0.25) is 0 Å². The molecule has 3 nitrogen and oxygen atoms in total. The summed E-state index contributed by atoms with van der Waals surface area (Å²) >= 11 is 0. The van der Waals surface area contributed by atoms with E-state index < -0.39 is 5.97 Å². The molecule has 2 aromatic rings. The predicted octanol–water partition coefficient (Wildman–Crippen LogP) is 4.82. The number of halogens is 1. The molecule has 2 aliphatic carbocycles. The predicted molar refractivity (Wildman–Crippen MR) is 93.2 cm³/mol. The van der Waals surface area contributed by atoms with Gasteiger partial charge in [-0.15, -0.1) is 0 Å². The van der Waals surface area contributed by atoms with Crippen LogP contribution in [0.4, 0.5) is 10.1 Å². The van der Waals surface area contributed by atoms with E-state index in [-0.39, 0.29) is 11.9 Å². The van der Waals surface area contributed by atoms with Crippen LogP contribution in [0.5, 0.6) is 0 Å². The molecule has 2 fully saturated rings. The van der Waals surface area contributed by atoms with Crippen LogP contribution in [0.2, 0.25) is 0 Å². The lowest BCUT2D eigenvalue weighted by atomic mass is 9.68. The van der Waals surface area contributed by atoms with Gasteiger partial charge in [0.1, 0.15) is 5.82 Å². The van der Waals surface area contributed by atoms with Gasteiger partial charge in [0.2, 0.25) is 0 Å². The van der Waals surface area contributed by atoms with Crippen molar-refractivity contribution in [2.24, 2.45) is 17.8 Å². The van der Waals surface area contributed by atoms with Crippen molar-refractivity contribution in [3.8, 4) is 0 Å². The smallest absolute Gasteiger partial charge is 0.335 e. The Morgan fingerprint density at radius 3 is 2.68 bits per heavy atom. The maximum absolute atomic E-state index is 14.5. The first-order chi connectivity index (χ1) is 12.1. The molecule has 1 aliphatic heterocycles. The van der Waals surface area contributed by atoms with E-state index in [0.717, 1.165) is 16.8 Å². The molecule has 0 spiro atoms. The summed E-state index contributed by atoms with van der Waals surface area (Å²) in [6.07, 6.45) is 3.58. The second-order valence-electron chi connectivity index (χ2n) is 7.69. The molecule has 2 aromatic carbocycles. The highest BCUT2D eigenvalue weighted by molar-refractivity contribution is 5.88. The van der Waals surface area contributed by atoms with E-state index in [0.29, 0.717) is 29.2 Å². The molecular weight excluding hydrogens is 317 g/mol. The number of carboxylic acids is 1. The van der Waals surface area contributed by atoms with E-state index in [9.17, 15) is 14.3 Å². The molecule has 3 aliphatic rings. The van der Waals surface area contributed by atoms with E-state index in [1.165, 1.54) is 25.3 Å². The van der Waals surface area contributed by atoms with E-state index in [4.69, 9.17) is 0 Å². The Balaban J connectivity index is 1.65. The van der Waals surface area contributed by atoms with Crippen molar-refractivity contribution < 1.29 is 14.3 Å². The van der Waals surface area contributed by atoms with Crippen LogP contribution >= 0.6 is 0 Å². The van der Waals surface area contributed by atoms with Gasteiger partial charge in [0.15, 0.2) is 0 Å². The van der Waals surface area contributed by atoms with Crippen molar-refractivity contribution >= 4 is 11.7 Å². The lowest BCUT2D eigenvalue weighted by molar-refractivity contribution is 0.0696. The van der Waals surface area contributed by atoms with Crippen LogP contribution in [0.1, 0.15) is 52.7 Å². The Morgan fingerprint density at radius 2 is 1.88 bits per heavy atom. The number of hydrogen-bond donors (Lipinski definition) is 2. The summed E-state index contributed by atoms with van der Waals surface area (Å²) in [7, 11) is 0. The van der Waals surface area contributed by atoms with Crippen LogP contribution in [0.15, 0.2) is 42.5 Å². The highest BCUT2D eigenvalue weighted by Gasteiger charge is 2.54. The maximum atomic E-state index is 14.5. The fourth-order valence-electron chi connectivity index (χ4n) is 5.66. The third kappa shape index (κ3) is 2.13. The van der Waals surface area contributed by atoms with Crippen LogP contribution in [0.25, 0.3) is 0 Å². The third-order valence-corrected chi connectivity index (χ3v) is 6.57.